The van der Waals surface area contributed by atoms with Crippen LogP contribution < -0.4 is 10.1 Å². The standard InChI is InChI=1S/C23H23NO2/c25-23(24-17-9-14-19-10-3-1-4-11-19)21-15-7-8-16-22(21)26-18-20-12-5-2-6-13-20/h1-8,10-13,15-16H,9,14,17-18H2,(H,24,25). The summed E-state index contributed by atoms with van der Waals surface area (Å²) in [7, 11) is 0. The van der Waals surface area contributed by atoms with Crippen LogP contribution in [0.5, 0.6) is 5.75 Å². The third kappa shape index (κ3) is 5.21. The summed E-state index contributed by atoms with van der Waals surface area (Å²) in [5, 5.41) is 2.99. The molecule has 26 heavy (non-hydrogen) atoms. The predicted molar refractivity (Wildman–Crippen MR) is 104 cm³/mol. The Hall–Kier alpha value is -3.07. The van der Waals surface area contributed by atoms with Gasteiger partial charge in [-0.1, -0.05) is 72.8 Å². The fourth-order valence-electron chi connectivity index (χ4n) is 2.75. The van der Waals surface area contributed by atoms with Crippen molar-refractivity contribution in [1.29, 1.82) is 0 Å². The smallest absolute Gasteiger partial charge is 0.255 e. The van der Waals surface area contributed by atoms with Gasteiger partial charge in [0.25, 0.3) is 5.91 Å². The minimum atomic E-state index is -0.0956. The fourth-order valence-corrected chi connectivity index (χ4v) is 2.75. The van der Waals surface area contributed by atoms with E-state index >= 15 is 0 Å². The van der Waals surface area contributed by atoms with E-state index in [1.54, 1.807) is 6.07 Å². The summed E-state index contributed by atoms with van der Waals surface area (Å²) in [5.74, 6) is 0.513. The summed E-state index contributed by atoms with van der Waals surface area (Å²) in [4.78, 5) is 12.5. The van der Waals surface area contributed by atoms with Crippen molar-refractivity contribution in [1.82, 2.24) is 5.32 Å². The first-order valence-electron chi connectivity index (χ1n) is 8.91. The highest BCUT2D eigenvalue weighted by Crippen LogP contribution is 2.19. The minimum absolute atomic E-state index is 0.0956. The van der Waals surface area contributed by atoms with Gasteiger partial charge in [-0.15, -0.1) is 0 Å². The normalized spacial score (nSPS) is 10.3. The van der Waals surface area contributed by atoms with Gasteiger partial charge in [0.05, 0.1) is 5.56 Å². The molecule has 0 unspecified atom stereocenters. The number of carbonyl (C=O) groups excluding carboxylic acids is 1. The summed E-state index contributed by atoms with van der Waals surface area (Å²) in [5.41, 5.74) is 2.93. The number of ether oxygens (including phenoxy) is 1. The lowest BCUT2D eigenvalue weighted by Crippen LogP contribution is -2.25. The molecule has 3 aromatic rings. The summed E-state index contributed by atoms with van der Waals surface area (Å²) in [6.45, 7) is 1.08. The third-order valence-corrected chi connectivity index (χ3v) is 4.14. The first-order chi connectivity index (χ1) is 12.8. The molecule has 0 bridgehead atoms. The molecule has 3 aromatic carbocycles. The Morgan fingerprint density at radius 1 is 0.769 bits per heavy atom. The number of amides is 1. The van der Waals surface area contributed by atoms with Crippen molar-refractivity contribution in [3.05, 3.63) is 102 Å². The molecule has 3 rings (SSSR count). The zero-order valence-electron chi connectivity index (χ0n) is 14.7. The number of benzene rings is 3. The second-order valence-electron chi connectivity index (χ2n) is 6.12. The first kappa shape index (κ1) is 17.7. The average Bonchev–Trinajstić information content (AvgIpc) is 2.71. The molecule has 1 N–H and O–H groups in total. The quantitative estimate of drug-likeness (QED) is 0.605. The molecule has 3 nitrogen and oxygen atoms in total. The number of aryl methyl sites for hydroxylation is 1. The number of hydrogen-bond donors (Lipinski definition) is 1. The molecule has 0 radical (unpaired) electrons. The topological polar surface area (TPSA) is 38.3 Å². The Labute approximate surface area is 154 Å². The van der Waals surface area contributed by atoms with Gasteiger partial charge in [-0.25, -0.2) is 0 Å². The number of rotatable bonds is 8. The van der Waals surface area contributed by atoms with Crippen molar-refractivity contribution in [3.8, 4) is 5.75 Å². The molecule has 0 aliphatic rings. The van der Waals surface area contributed by atoms with Gasteiger partial charge in [0.15, 0.2) is 0 Å². The van der Waals surface area contributed by atoms with E-state index < -0.39 is 0 Å². The van der Waals surface area contributed by atoms with Gasteiger partial charge in [0, 0.05) is 6.54 Å². The van der Waals surface area contributed by atoms with Crippen molar-refractivity contribution in [2.75, 3.05) is 6.54 Å². The van der Waals surface area contributed by atoms with Crippen molar-refractivity contribution >= 4 is 5.91 Å². The molecule has 0 aliphatic carbocycles. The van der Waals surface area contributed by atoms with Crippen molar-refractivity contribution in [2.45, 2.75) is 19.4 Å². The molecular formula is C23H23NO2. The summed E-state index contributed by atoms with van der Waals surface area (Å²) in [6.07, 6.45) is 1.86. The van der Waals surface area contributed by atoms with Gasteiger partial charge in [-0.2, -0.15) is 0 Å². The van der Waals surface area contributed by atoms with Gasteiger partial charge in [-0.05, 0) is 36.1 Å². The summed E-state index contributed by atoms with van der Waals surface area (Å²) < 4.78 is 5.86. The maximum Gasteiger partial charge on any atom is 0.255 e. The zero-order valence-corrected chi connectivity index (χ0v) is 14.7. The fraction of sp³-hybridized carbons (Fsp3) is 0.174. The zero-order chi connectivity index (χ0) is 18.0. The Morgan fingerprint density at radius 3 is 2.12 bits per heavy atom. The molecule has 0 atom stereocenters. The van der Waals surface area contributed by atoms with Crippen LogP contribution in [0.2, 0.25) is 0 Å². The second-order valence-corrected chi connectivity index (χ2v) is 6.12. The molecule has 0 aromatic heterocycles. The molecule has 0 heterocycles. The van der Waals surface area contributed by atoms with Crippen LogP contribution in [-0.2, 0) is 13.0 Å². The van der Waals surface area contributed by atoms with Crippen molar-refractivity contribution in [2.24, 2.45) is 0 Å². The SMILES string of the molecule is O=C(NCCCc1ccccc1)c1ccccc1OCc1ccccc1. The summed E-state index contributed by atoms with van der Waals surface area (Å²) in [6, 6.07) is 27.6. The van der Waals surface area contributed by atoms with Crippen LogP contribution in [0.25, 0.3) is 0 Å². The number of nitrogens with one attached hydrogen (secondary N) is 1. The monoisotopic (exact) mass is 345 g/mol. The molecule has 132 valence electrons. The Balaban J connectivity index is 1.52. The molecule has 0 spiro atoms. The number of hydrogen-bond acceptors (Lipinski definition) is 2. The van der Waals surface area contributed by atoms with Gasteiger partial charge in [-0.3, -0.25) is 4.79 Å². The number of para-hydroxylation sites is 1. The van der Waals surface area contributed by atoms with Crippen LogP contribution in [0.3, 0.4) is 0 Å². The Kier molecular flexibility index (Phi) is 6.43. The van der Waals surface area contributed by atoms with Crippen LogP contribution in [0.4, 0.5) is 0 Å². The van der Waals surface area contributed by atoms with Crippen LogP contribution in [-0.4, -0.2) is 12.5 Å². The molecule has 0 fully saturated rings. The molecular weight excluding hydrogens is 322 g/mol. The van der Waals surface area contributed by atoms with E-state index in [1.807, 2.05) is 66.7 Å². The lowest BCUT2D eigenvalue weighted by molar-refractivity contribution is 0.0948. The second kappa shape index (κ2) is 9.42. The molecule has 0 aliphatic heterocycles. The third-order valence-electron chi connectivity index (χ3n) is 4.14. The van der Waals surface area contributed by atoms with Crippen molar-refractivity contribution in [3.63, 3.8) is 0 Å². The highest BCUT2D eigenvalue weighted by Gasteiger charge is 2.11. The van der Waals surface area contributed by atoms with Gasteiger partial charge >= 0.3 is 0 Å². The van der Waals surface area contributed by atoms with E-state index in [-0.39, 0.29) is 5.91 Å². The molecule has 0 saturated carbocycles. The van der Waals surface area contributed by atoms with E-state index in [4.69, 9.17) is 4.74 Å². The van der Waals surface area contributed by atoms with Gasteiger partial charge in [0.1, 0.15) is 12.4 Å². The van der Waals surface area contributed by atoms with Crippen LogP contribution in [0.15, 0.2) is 84.9 Å². The van der Waals surface area contributed by atoms with E-state index in [1.165, 1.54) is 5.56 Å². The van der Waals surface area contributed by atoms with E-state index in [9.17, 15) is 4.79 Å². The van der Waals surface area contributed by atoms with Gasteiger partial charge in [0.2, 0.25) is 0 Å². The van der Waals surface area contributed by atoms with E-state index in [0.717, 1.165) is 18.4 Å². The Bertz CT molecular complexity index is 816. The van der Waals surface area contributed by atoms with Gasteiger partial charge < -0.3 is 10.1 Å². The average molecular weight is 345 g/mol. The van der Waals surface area contributed by atoms with Crippen LogP contribution in [0, 0.1) is 0 Å². The van der Waals surface area contributed by atoms with Crippen molar-refractivity contribution < 1.29 is 9.53 Å². The maximum absolute atomic E-state index is 12.5. The first-order valence-corrected chi connectivity index (χ1v) is 8.91. The predicted octanol–water partition coefficient (Wildman–Crippen LogP) is 4.63. The van der Waals surface area contributed by atoms with Crippen LogP contribution >= 0.6 is 0 Å². The number of carbonyl (C=O) groups is 1. The summed E-state index contributed by atoms with van der Waals surface area (Å²) >= 11 is 0. The molecule has 1 amide bonds. The lowest BCUT2D eigenvalue weighted by atomic mass is 10.1. The highest BCUT2D eigenvalue weighted by atomic mass is 16.5. The maximum atomic E-state index is 12.5. The Morgan fingerprint density at radius 2 is 1.38 bits per heavy atom. The lowest BCUT2D eigenvalue weighted by Gasteiger charge is -2.12. The highest BCUT2D eigenvalue weighted by molar-refractivity contribution is 5.96. The minimum Gasteiger partial charge on any atom is -0.488 e. The molecule has 0 saturated heterocycles. The van der Waals surface area contributed by atoms with Crippen LogP contribution in [0.1, 0.15) is 27.9 Å². The largest absolute Gasteiger partial charge is 0.488 e. The van der Waals surface area contributed by atoms with E-state index in [0.29, 0.717) is 24.5 Å². The van der Waals surface area contributed by atoms with E-state index in [2.05, 4.69) is 17.4 Å². The molecule has 3 heteroatoms.